The Morgan fingerprint density at radius 1 is 0.967 bits per heavy atom. The summed E-state index contributed by atoms with van der Waals surface area (Å²) in [6.45, 7) is 0. The van der Waals surface area contributed by atoms with E-state index in [-0.39, 0.29) is 33.3 Å². The summed E-state index contributed by atoms with van der Waals surface area (Å²) < 4.78 is 32.6. The summed E-state index contributed by atoms with van der Waals surface area (Å²) in [4.78, 5) is 23.5. The lowest BCUT2D eigenvalue weighted by molar-refractivity contribution is -0.384. The highest BCUT2D eigenvalue weighted by molar-refractivity contribution is 7.92. The number of amides is 1. The molecule has 0 spiro atoms. The Bertz CT molecular complexity index is 1200. The molecule has 3 rings (SSSR count). The minimum absolute atomic E-state index is 0.00196. The summed E-state index contributed by atoms with van der Waals surface area (Å²) in [7, 11) is -2.56. The van der Waals surface area contributed by atoms with Crippen LogP contribution in [-0.4, -0.2) is 26.4 Å². The smallest absolute Gasteiger partial charge is 0.296 e. The van der Waals surface area contributed by atoms with Gasteiger partial charge in [0.1, 0.15) is 11.4 Å². The van der Waals surface area contributed by atoms with E-state index in [0.29, 0.717) is 0 Å². The normalized spacial score (nSPS) is 10.8. The number of hydrogen-bond acceptors (Lipinski definition) is 6. The highest BCUT2D eigenvalue weighted by atomic mass is 32.2. The predicted molar refractivity (Wildman–Crippen MR) is 111 cm³/mol. The fraction of sp³-hybridized carbons (Fsp3) is 0.0500. The number of nitro benzene ring substituents is 1. The number of hydrogen-bond donors (Lipinski definition) is 2. The van der Waals surface area contributed by atoms with E-state index in [1.54, 1.807) is 30.3 Å². The topological polar surface area (TPSA) is 128 Å². The molecule has 30 heavy (non-hydrogen) atoms. The average Bonchev–Trinajstić information content (AvgIpc) is 2.74. The quantitative estimate of drug-likeness (QED) is 0.437. The molecule has 3 aromatic rings. The summed E-state index contributed by atoms with van der Waals surface area (Å²) in [5.41, 5.74) is -0.367. The van der Waals surface area contributed by atoms with Gasteiger partial charge in [-0.2, -0.15) is 0 Å². The van der Waals surface area contributed by atoms with Gasteiger partial charge in [-0.15, -0.1) is 0 Å². The van der Waals surface area contributed by atoms with Gasteiger partial charge in [-0.05, 0) is 36.4 Å². The van der Waals surface area contributed by atoms with E-state index in [1.165, 1.54) is 49.6 Å². The minimum atomic E-state index is -3.93. The molecular formula is C20H17N3O6S. The van der Waals surface area contributed by atoms with Crippen LogP contribution in [0.15, 0.2) is 77.7 Å². The highest BCUT2D eigenvalue weighted by Crippen LogP contribution is 2.30. The Morgan fingerprint density at radius 3 is 2.30 bits per heavy atom. The molecule has 0 aliphatic carbocycles. The Hall–Kier alpha value is -3.92. The highest BCUT2D eigenvalue weighted by Gasteiger charge is 2.21. The van der Waals surface area contributed by atoms with Crippen LogP contribution in [0.25, 0.3) is 0 Å². The van der Waals surface area contributed by atoms with E-state index in [4.69, 9.17) is 4.74 Å². The third-order valence-corrected chi connectivity index (χ3v) is 5.50. The number of carbonyl (C=O) groups excluding carboxylic acids is 1. The summed E-state index contributed by atoms with van der Waals surface area (Å²) in [6.07, 6.45) is 0. The van der Waals surface area contributed by atoms with Crippen molar-refractivity contribution in [3.63, 3.8) is 0 Å². The second kappa shape index (κ2) is 8.62. The van der Waals surface area contributed by atoms with E-state index in [1.807, 2.05) is 0 Å². The van der Waals surface area contributed by atoms with Gasteiger partial charge in [-0.3, -0.25) is 19.6 Å². The van der Waals surface area contributed by atoms with Crippen LogP contribution in [0, 0.1) is 10.1 Å². The molecule has 1 amide bonds. The standard InChI is InChI=1S/C20H17N3O6S/c1-29-14-11-12-18(19(13-14)23(25)26)21-20(24)16-9-5-6-10-17(16)22-30(27,28)15-7-3-2-4-8-15/h2-13,22H,1H3,(H,21,24). The number of sulfonamides is 1. The third kappa shape index (κ3) is 4.55. The number of para-hydroxylation sites is 1. The molecule has 10 heteroatoms. The molecule has 0 heterocycles. The Morgan fingerprint density at radius 2 is 1.63 bits per heavy atom. The first kappa shape index (κ1) is 20.8. The predicted octanol–water partition coefficient (Wildman–Crippen LogP) is 3.66. The number of ether oxygens (including phenoxy) is 1. The maximum Gasteiger partial charge on any atom is 0.296 e. The lowest BCUT2D eigenvalue weighted by atomic mass is 10.1. The third-order valence-electron chi connectivity index (χ3n) is 4.12. The lowest BCUT2D eigenvalue weighted by Gasteiger charge is -2.13. The van der Waals surface area contributed by atoms with Crippen molar-refractivity contribution in [2.45, 2.75) is 4.90 Å². The van der Waals surface area contributed by atoms with Crippen LogP contribution >= 0.6 is 0 Å². The molecule has 0 aliphatic heterocycles. The summed E-state index contributed by atoms with van der Waals surface area (Å²) in [6, 6.07) is 17.6. The van der Waals surface area contributed by atoms with Crippen molar-refractivity contribution in [3.05, 3.63) is 88.5 Å². The van der Waals surface area contributed by atoms with Gasteiger partial charge in [0.15, 0.2) is 0 Å². The van der Waals surface area contributed by atoms with Gasteiger partial charge in [-0.1, -0.05) is 30.3 Å². The monoisotopic (exact) mass is 427 g/mol. The van der Waals surface area contributed by atoms with E-state index in [2.05, 4.69) is 10.0 Å². The molecule has 2 N–H and O–H groups in total. The molecule has 0 aliphatic rings. The van der Waals surface area contributed by atoms with Crippen LogP contribution in [0.2, 0.25) is 0 Å². The fourth-order valence-corrected chi connectivity index (χ4v) is 3.76. The van der Waals surface area contributed by atoms with Crippen molar-refractivity contribution >= 4 is 33.0 Å². The van der Waals surface area contributed by atoms with E-state index in [0.717, 1.165) is 0 Å². The van der Waals surface area contributed by atoms with Gasteiger partial charge in [0.2, 0.25) is 0 Å². The molecule has 0 aromatic heterocycles. The van der Waals surface area contributed by atoms with Gasteiger partial charge in [0.05, 0.1) is 34.2 Å². The van der Waals surface area contributed by atoms with Crippen molar-refractivity contribution < 1.29 is 22.9 Å². The molecule has 0 radical (unpaired) electrons. The van der Waals surface area contributed by atoms with Crippen molar-refractivity contribution in [2.75, 3.05) is 17.1 Å². The van der Waals surface area contributed by atoms with Crippen molar-refractivity contribution in [3.8, 4) is 5.75 Å². The van der Waals surface area contributed by atoms with Gasteiger partial charge < -0.3 is 10.1 Å². The van der Waals surface area contributed by atoms with Crippen molar-refractivity contribution in [2.24, 2.45) is 0 Å². The maximum atomic E-state index is 12.8. The number of carbonyl (C=O) groups is 1. The van der Waals surface area contributed by atoms with Gasteiger partial charge in [-0.25, -0.2) is 8.42 Å². The second-order valence-corrected chi connectivity index (χ2v) is 7.74. The number of nitrogens with one attached hydrogen (secondary N) is 2. The summed E-state index contributed by atoms with van der Waals surface area (Å²) in [5, 5.41) is 13.8. The van der Waals surface area contributed by atoms with Crippen molar-refractivity contribution in [1.82, 2.24) is 0 Å². The minimum Gasteiger partial charge on any atom is -0.496 e. The summed E-state index contributed by atoms with van der Waals surface area (Å²) in [5.74, 6) is -0.453. The molecule has 0 saturated carbocycles. The van der Waals surface area contributed by atoms with Crippen LogP contribution in [0.3, 0.4) is 0 Å². The van der Waals surface area contributed by atoms with Crippen LogP contribution in [-0.2, 0) is 10.0 Å². The fourth-order valence-electron chi connectivity index (χ4n) is 2.66. The first-order chi connectivity index (χ1) is 14.3. The average molecular weight is 427 g/mol. The number of nitro groups is 1. The van der Waals surface area contributed by atoms with Gasteiger partial charge >= 0.3 is 0 Å². The van der Waals surface area contributed by atoms with Crippen LogP contribution in [0.1, 0.15) is 10.4 Å². The number of rotatable bonds is 7. The largest absolute Gasteiger partial charge is 0.496 e. The first-order valence-electron chi connectivity index (χ1n) is 8.62. The number of anilines is 2. The second-order valence-electron chi connectivity index (χ2n) is 6.06. The van der Waals surface area contributed by atoms with E-state index < -0.39 is 20.9 Å². The van der Waals surface area contributed by atoms with Crippen LogP contribution in [0.5, 0.6) is 5.75 Å². The van der Waals surface area contributed by atoms with Gasteiger partial charge in [0.25, 0.3) is 21.6 Å². The molecule has 0 unspecified atom stereocenters. The first-order valence-corrected chi connectivity index (χ1v) is 10.1. The van der Waals surface area contributed by atoms with Crippen LogP contribution < -0.4 is 14.8 Å². The zero-order valence-electron chi connectivity index (χ0n) is 15.7. The Balaban J connectivity index is 1.91. The van der Waals surface area contributed by atoms with Gasteiger partial charge in [0, 0.05) is 0 Å². The Labute approximate surface area is 172 Å². The number of methoxy groups -OCH3 is 1. The zero-order valence-corrected chi connectivity index (χ0v) is 16.5. The molecule has 0 fully saturated rings. The Kier molecular flexibility index (Phi) is 5.98. The lowest BCUT2D eigenvalue weighted by Crippen LogP contribution is -2.19. The number of nitrogens with zero attached hydrogens (tertiary/aromatic N) is 1. The molecule has 0 bridgehead atoms. The molecule has 3 aromatic carbocycles. The maximum absolute atomic E-state index is 12.8. The molecule has 0 saturated heterocycles. The molecule has 0 atom stereocenters. The van der Waals surface area contributed by atoms with Crippen LogP contribution in [0.4, 0.5) is 17.1 Å². The van der Waals surface area contributed by atoms with Crippen molar-refractivity contribution in [1.29, 1.82) is 0 Å². The molecule has 9 nitrogen and oxygen atoms in total. The SMILES string of the molecule is COc1ccc(NC(=O)c2ccccc2NS(=O)(=O)c2ccccc2)c([N+](=O)[O-])c1. The number of benzene rings is 3. The zero-order chi connectivity index (χ0) is 21.7. The van der Waals surface area contributed by atoms with E-state index >= 15 is 0 Å². The van der Waals surface area contributed by atoms with E-state index in [9.17, 15) is 23.3 Å². The molecule has 154 valence electrons. The summed E-state index contributed by atoms with van der Waals surface area (Å²) >= 11 is 0. The molecular weight excluding hydrogens is 410 g/mol.